The maximum atomic E-state index is 6.55. The summed E-state index contributed by atoms with van der Waals surface area (Å²) in [6, 6.07) is 68.7. The minimum absolute atomic E-state index is 0.0179. The molecular weight excluding hydrogens is 880 g/mol. The van der Waals surface area contributed by atoms with E-state index in [1.807, 2.05) is 17.4 Å². The van der Waals surface area contributed by atoms with Gasteiger partial charge in [-0.05, 0) is 127 Å². The van der Waals surface area contributed by atoms with Gasteiger partial charge in [0.15, 0.2) is 0 Å². The van der Waals surface area contributed by atoms with Gasteiger partial charge in [-0.25, -0.2) is 0 Å². The van der Waals surface area contributed by atoms with Crippen LogP contribution in [0.1, 0.15) is 79.0 Å². The molecular formula is C66H57BN2OS. The number of anilines is 6. The van der Waals surface area contributed by atoms with Gasteiger partial charge >= 0.3 is 0 Å². The largest absolute Gasteiger partial charge is 0.455 e. The zero-order valence-electron chi connectivity index (χ0n) is 42.1. The molecule has 4 heterocycles. The summed E-state index contributed by atoms with van der Waals surface area (Å²) in [6.45, 7) is 21.1. The van der Waals surface area contributed by atoms with Gasteiger partial charge in [0.1, 0.15) is 11.2 Å². The molecule has 11 aromatic rings. The van der Waals surface area contributed by atoms with E-state index < -0.39 is 0 Å². The highest BCUT2D eigenvalue weighted by atomic mass is 32.1. The van der Waals surface area contributed by atoms with E-state index in [0.717, 1.165) is 44.4 Å². The number of nitrogens with zero attached hydrogens (tertiary/aromatic N) is 2. The Hall–Kier alpha value is -7.34. The van der Waals surface area contributed by atoms with Gasteiger partial charge in [0.25, 0.3) is 6.71 Å². The molecule has 3 nitrogen and oxygen atoms in total. The van der Waals surface area contributed by atoms with E-state index in [9.17, 15) is 0 Å². The van der Waals surface area contributed by atoms with Crippen LogP contribution < -0.4 is 26.2 Å². The fourth-order valence-electron chi connectivity index (χ4n) is 11.4. The van der Waals surface area contributed by atoms with Crippen molar-refractivity contribution < 1.29 is 4.42 Å². The van der Waals surface area contributed by atoms with E-state index in [1.165, 1.54) is 87.1 Å². The summed E-state index contributed by atoms with van der Waals surface area (Å²) in [6.07, 6.45) is 0. The molecule has 2 aliphatic heterocycles. The average molecular weight is 937 g/mol. The molecule has 2 aliphatic rings. The van der Waals surface area contributed by atoms with E-state index in [2.05, 4.69) is 248 Å². The molecule has 0 saturated heterocycles. The first-order valence-corrected chi connectivity index (χ1v) is 26.0. The highest BCUT2D eigenvalue weighted by Crippen LogP contribution is 2.49. The summed E-state index contributed by atoms with van der Waals surface area (Å²) in [4.78, 5) is 5.16. The molecule has 9 aromatic carbocycles. The summed E-state index contributed by atoms with van der Waals surface area (Å²) in [5, 5.41) is 4.93. The molecule has 0 bridgehead atoms. The minimum atomic E-state index is -0.138. The lowest BCUT2D eigenvalue weighted by atomic mass is 9.33. The molecule has 0 saturated carbocycles. The van der Waals surface area contributed by atoms with Crippen LogP contribution >= 0.6 is 11.3 Å². The molecule has 346 valence electrons. The summed E-state index contributed by atoms with van der Waals surface area (Å²) >= 11 is 1.89. The maximum Gasteiger partial charge on any atom is 0.252 e. The third kappa shape index (κ3) is 6.91. The second-order valence-electron chi connectivity index (χ2n) is 23.0. The Balaban J connectivity index is 1.03. The number of rotatable bonds is 4. The predicted octanol–water partition coefficient (Wildman–Crippen LogP) is 17.3. The van der Waals surface area contributed by atoms with E-state index in [4.69, 9.17) is 4.42 Å². The fraction of sp³-hybridized carbons (Fsp3) is 0.182. The molecule has 2 aromatic heterocycles. The summed E-state index contributed by atoms with van der Waals surface area (Å²) in [5.41, 5.74) is 21.5. The van der Waals surface area contributed by atoms with Crippen LogP contribution in [0.25, 0.3) is 64.4 Å². The van der Waals surface area contributed by atoms with Crippen LogP contribution in [0.5, 0.6) is 0 Å². The highest BCUT2D eigenvalue weighted by Gasteiger charge is 2.45. The Labute approximate surface area is 422 Å². The topological polar surface area (TPSA) is 19.6 Å². The zero-order chi connectivity index (χ0) is 48.7. The van der Waals surface area contributed by atoms with Gasteiger partial charge in [-0.1, -0.05) is 184 Å². The van der Waals surface area contributed by atoms with E-state index >= 15 is 0 Å². The van der Waals surface area contributed by atoms with Gasteiger partial charge < -0.3 is 14.2 Å². The third-order valence-electron chi connectivity index (χ3n) is 15.4. The van der Waals surface area contributed by atoms with E-state index in [-0.39, 0.29) is 23.0 Å². The standard InChI is InChI=1S/C66H57BN2OS/c1-64(2,3)42-28-34-53-55(36-42)68(45-30-24-40(25-31-45)47-18-14-20-51-49-16-10-12-22-59(49)70-62(47)51)57-38-44(66(7,8)9)39-58-61(57)67(53)54-35-29-43(65(4,5)6)37-56(54)69(58)46-32-26-41(27-33-46)48-19-15-21-52-50-17-11-13-23-60(50)71-63(48)52/h10-39H,1-9H3. The summed E-state index contributed by atoms with van der Waals surface area (Å²) in [7, 11) is 0. The lowest BCUT2D eigenvalue weighted by Gasteiger charge is -2.45. The smallest absolute Gasteiger partial charge is 0.252 e. The van der Waals surface area contributed by atoms with Gasteiger partial charge in [-0.15, -0.1) is 11.3 Å². The van der Waals surface area contributed by atoms with Crippen LogP contribution in [-0.2, 0) is 16.2 Å². The van der Waals surface area contributed by atoms with Crippen LogP contribution in [0, 0.1) is 0 Å². The van der Waals surface area contributed by atoms with Crippen LogP contribution in [-0.4, -0.2) is 6.71 Å². The van der Waals surface area contributed by atoms with Crippen molar-refractivity contribution in [3.63, 3.8) is 0 Å². The second-order valence-corrected chi connectivity index (χ2v) is 24.0. The lowest BCUT2D eigenvalue weighted by molar-refractivity contribution is 0.590. The molecule has 0 fully saturated rings. The molecule has 71 heavy (non-hydrogen) atoms. The molecule has 0 radical (unpaired) electrons. The van der Waals surface area contributed by atoms with Crippen molar-refractivity contribution in [2.45, 2.75) is 78.6 Å². The number of hydrogen-bond acceptors (Lipinski definition) is 4. The molecule has 5 heteroatoms. The average Bonchev–Trinajstić information content (AvgIpc) is 3.94. The van der Waals surface area contributed by atoms with Gasteiger partial charge in [0.2, 0.25) is 0 Å². The molecule has 0 atom stereocenters. The maximum absolute atomic E-state index is 6.55. The molecule has 0 aliphatic carbocycles. The molecule has 0 spiro atoms. The second kappa shape index (κ2) is 15.6. The quantitative estimate of drug-likeness (QED) is 0.164. The Morgan fingerprint density at radius 2 is 0.887 bits per heavy atom. The fourth-order valence-corrected chi connectivity index (χ4v) is 12.7. The Kier molecular flexibility index (Phi) is 9.58. The first-order chi connectivity index (χ1) is 34.1. The summed E-state index contributed by atoms with van der Waals surface area (Å²) < 4.78 is 9.22. The molecule has 0 N–H and O–H groups in total. The Morgan fingerprint density at radius 1 is 0.408 bits per heavy atom. The van der Waals surface area contributed by atoms with Crippen LogP contribution in [0.2, 0.25) is 0 Å². The number of benzene rings is 9. The van der Waals surface area contributed by atoms with Crippen molar-refractivity contribution in [2.24, 2.45) is 0 Å². The Morgan fingerprint density at radius 3 is 1.46 bits per heavy atom. The van der Waals surface area contributed by atoms with Gasteiger partial charge in [-0.2, -0.15) is 0 Å². The van der Waals surface area contributed by atoms with Gasteiger partial charge in [0, 0.05) is 70.6 Å². The number of para-hydroxylation sites is 2. The Bertz CT molecular complexity index is 3700. The predicted molar refractivity (Wildman–Crippen MR) is 308 cm³/mol. The molecule has 0 unspecified atom stereocenters. The SMILES string of the molecule is CC(C)(C)c1ccc2c(c1)N(c1ccc(-c3cccc4c3oc3ccccc34)cc1)c1cc(C(C)(C)C)cc3c1B2c1ccc(C(C)(C)C)cc1N3c1ccc(-c2cccc3c2sc2ccccc23)cc1. The van der Waals surface area contributed by atoms with Crippen molar-refractivity contribution >= 4 is 111 Å². The number of fused-ring (bicyclic) bond motifs is 10. The lowest BCUT2D eigenvalue weighted by Crippen LogP contribution is -2.61. The highest BCUT2D eigenvalue weighted by molar-refractivity contribution is 7.26. The van der Waals surface area contributed by atoms with Gasteiger partial charge in [-0.3, -0.25) is 0 Å². The van der Waals surface area contributed by atoms with Crippen molar-refractivity contribution in [2.75, 3.05) is 9.80 Å². The first kappa shape index (κ1) is 43.7. The normalized spacial score (nSPS) is 13.6. The van der Waals surface area contributed by atoms with Crippen LogP contribution in [0.4, 0.5) is 34.1 Å². The monoisotopic (exact) mass is 936 g/mol. The van der Waals surface area contributed by atoms with Crippen molar-refractivity contribution in [1.82, 2.24) is 0 Å². The number of hydrogen-bond donors (Lipinski definition) is 0. The number of furan rings is 1. The van der Waals surface area contributed by atoms with Crippen molar-refractivity contribution in [1.29, 1.82) is 0 Å². The van der Waals surface area contributed by atoms with Crippen LogP contribution in [0.3, 0.4) is 0 Å². The minimum Gasteiger partial charge on any atom is -0.455 e. The van der Waals surface area contributed by atoms with Crippen LogP contribution in [0.15, 0.2) is 186 Å². The summed E-state index contributed by atoms with van der Waals surface area (Å²) in [5.74, 6) is 0. The van der Waals surface area contributed by atoms with E-state index in [1.54, 1.807) is 0 Å². The zero-order valence-corrected chi connectivity index (χ0v) is 42.9. The van der Waals surface area contributed by atoms with E-state index in [0.29, 0.717) is 0 Å². The van der Waals surface area contributed by atoms with Crippen molar-refractivity contribution in [3.8, 4) is 22.3 Å². The first-order valence-electron chi connectivity index (χ1n) is 25.2. The molecule has 0 amide bonds. The van der Waals surface area contributed by atoms with Crippen molar-refractivity contribution in [3.05, 3.63) is 199 Å². The third-order valence-corrected chi connectivity index (χ3v) is 16.6. The van der Waals surface area contributed by atoms with Gasteiger partial charge in [0.05, 0.1) is 0 Å². The molecule has 13 rings (SSSR count). The number of thiophene rings is 1.